The number of esters is 1. The number of ether oxygens (including phenoxy) is 1. The smallest absolute Gasteiger partial charge is 0.368 e. The van der Waals surface area contributed by atoms with Crippen LogP contribution in [0.5, 0.6) is 0 Å². The lowest BCUT2D eigenvalue weighted by Gasteiger charge is -2.21. The summed E-state index contributed by atoms with van der Waals surface area (Å²) < 4.78 is 4.79. The summed E-state index contributed by atoms with van der Waals surface area (Å²) in [4.78, 5) is 11.7. The average Bonchev–Trinajstić information content (AvgIpc) is 2.29. The monoisotopic (exact) mass is 220 g/mol. The van der Waals surface area contributed by atoms with E-state index in [0.717, 1.165) is 5.56 Å². The van der Waals surface area contributed by atoms with Gasteiger partial charge in [-0.3, -0.25) is 0 Å². The van der Waals surface area contributed by atoms with Crippen LogP contribution < -0.4 is 5.73 Å². The maximum atomic E-state index is 11.7. The van der Waals surface area contributed by atoms with Gasteiger partial charge in [-0.25, -0.2) is 4.79 Å². The van der Waals surface area contributed by atoms with Gasteiger partial charge in [-0.15, -0.1) is 6.58 Å². The van der Waals surface area contributed by atoms with E-state index < -0.39 is 5.54 Å². The highest BCUT2D eigenvalue weighted by molar-refractivity contribution is 5.79. The van der Waals surface area contributed by atoms with Gasteiger partial charge in [0.25, 0.3) is 0 Å². The zero-order chi connectivity index (χ0) is 12.0. The van der Waals surface area contributed by atoms with Crippen molar-refractivity contribution in [2.75, 3.05) is 7.11 Å². The van der Waals surface area contributed by atoms with E-state index in [4.69, 9.17) is 4.74 Å². The highest BCUT2D eigenvalue weighted by Crippen LogP contribution is 2.15. The number of hydrogen-bond donors (Lipinski definition) is 1. The SMILES string of the molecule is C=CCC([NH3+])(Cc1ccccc1)C(=O)OC. The van der Waals surface area contributed by atoms with Crippen molar-refractivity contribution in [1.82, 2.24) is 0 Å². The predicted molar refractivity (Wildman–Crippen MR) is 62.6 cm³/mol. The summed E-state index contributed by atoms with van der Waals surface area (Å²) in [5.74, 6) is -0.295. The molecule has 86 valence electrons. The van der Waals surface area contributed by atoms with Crippen molar-refractivity contribution in [2.45, 2.75) is 18.4 Å². The van der Waals surface area contributed by atoms with E-state index in [9.17, 15) is 4.79 Å². The molecule has 3 heteroatoms. The average molecular weight is 220 g/mol. The molecule has 0 aliphatic carbocycles. The van der Waals surface area contributed by atoms with E-state index in [-0.39, 0.29) is 5.97 Å². The second-order valence-electron chi connectivity index (χ2n) is 3.93. The van der Waals surface area contributed by atoms with E-state index in [1.807, 2.05) is 30.3 Å². The van der Waals surface area contributed by atoms with Crippen LogP contribution in [-0.4, -0.2) is 18.6 Å². The summed E-state index contributed by atoms with van der Waals surface area (Å²) in [6, 6.07) is 9.79. The van der Waals surface area contributed by atoms with Crippen LogP contribution in [0.3, 0.4) is 0 Å². The third kappa shape index (κ3) is 2.94. The zero-order valence-electron chi connectivity index (χ0n) is 9.61. The highest BCUT2D eigenvalue weighted by Gasteiger charge is 2.38. The number of quaternary nitrogens is 1. The summed E-state index contributed by atoms with van der Waals surface area (Å²) >= 11 is 0. The van der Waals surface area contributed by atoms with Crippen LogP contribution in [0.2, 0.25) is 0 Å². The van der Waals surface area contributed by atoms with Crippen molar-refractivity contribution < 1.29 is 15.3 Å². The predicted octanol–water partition coefficient (Wildman–Crippen LogP) is 0.959. The normalized spacial score (nSPS) is 13.9. The van der Waals surface area contributed by atoms with Crippen LogP contribution in [0.15, 0.2) is 43.0 Å². The van der Waals surface area contributed by atoms with Gasteiger partial charge in [0.2, 0.25) is 0 Å². The summed E-state index contributed by atoms with van der Waals surface area (Å²) in [5, 5.41) is 0. The minimum atomic E-state index is -0.766. The molecule has 0 saturated heterocycles. The number of benzene rings is 1. The van der Waals surface area contributed by atoms with Crippen LogP contribution in [0.4, 0.5) is 0 Å². The van der Waals surface area contributed by atoms with Gasteiger partial charge in [-0.05, 0) is 5.56 Å². The Morgan fingerprint density at radius 2 is 2.12 bits per heavy atom. The van der Waals surface area contributed by atoms with E-state index in [2.05, 4.69) is 12.3 Å². The minimum absolute atomic E-state index is 0.295. The Morgan fingerprint density at radius 3 is 2.62 bits per heavy atom. The zero-order valence-corrected chi connectivity index (χ0v) is 9.61. The Labute approximate surface area is 95.9 Å². The van der Waals surface area contributed by atoms with Gasteiger partial charge in [0.1, 0.15) is 0 Å². The molecular formula is C13H18NO2+. The number of methoxy groups -OCH3 is 1. The Morgan fingerprint density at radius 1 is 1.50 bits per heavy atom. The Balaban J connectivity index is 2.87. The number of rotatable bonds is 5. The molecule has 1 aromatic rings. The maximum absolute atomic E-state index is 11.7. The van der Waals surface area contributed by atoms with Crippen LogP contribution in [0, 0.1) is 0 Å². The molecule has 0 heterocycles. The second-order valence-corrected chi connectivity index (χ2v) is 3.93. The molecule has 0 spiro atoms. The van der Waals surface area contributed by atoms with E-state index in [0.29, 0.717) is 12.8 Å². The molecule has 0 aliphatic heterocycles. The Hall–Kier alpha value is -1.61. The largest absolute Gasteiger partial charge is 0.464 e. The third-order valence-corrected chi connectivity index (χ3v) is 2.54. The standard InChI is InChI=1S/C13H17NO2/c1-3-9-13(14,12(15)16-2)10-11-7-5-4-6-8-11/h3-8H,1,9-10,14H2,2H3/p+1. The first-order chi connectivity index (χ1) is 7.62. The second kappa shape index (κ2) is 5.47. The molecule has 3 nitrogen and oxygen atoms in total. The first-order valence-electron chi connectivity index (χ1n) is 5.21. The van der Waals surface area contributed by atoms with Crippen LogP contribution in [0.25, 0.3) is 0 Å². The molecule has 1 rings (SSSR count). The van der Waals surface area contributed by atoms with Crippen molar-refractivity contribution in [3.8, 4) is 0 Å². The van der Waals surface area contributed by atoms with Crippen molar-refractivity contribution in [3.63, 3.8) is 0 Å². The van der Waals surface area contributed by atoms with Crippen molar-refractivity contribution in [3.05, 3.63) is 48.6 Å². The molecular weight excluding hydrogens is 202 g/mol. The molecule has 0 aliphatic rings. The molecule has 1 unspecified atom stereocenters. The molecule has 0 bridgehead atoms. The highest BCUT2D eigenvalue weighted by atomic mass is 16.5. The fourth-order valence-corrected chi connectivity index (χ4v) is 1.71. The minimum Gasteiger partial charge on any atom is -0.464 e. The van der Waals surface area contributed by atoms with E-state index in [1.54, 1.807) is 6.08 Å². The molecule has 1 aromatic carbocycles. The number of carbonyl (C=O) groups excluding carboxylic acids is 1. The summed E-state index contributed by atoms with van der Waals surface area (Å²) in [6.45, 7) is 3.66. The lowest BCUT2D eigenvalue weighted by atomic mass is 9.88. The number of hydrogen-bond acceptors (Lipinski definition) is 2. The van der Waals surface area contributed by atoms with Crippen LogP contribution in [-0.2, 0) is 16.0 Å². The maximum Gasteiger partial charge on any atom is 0.368 e. The van der Waals surface area contributed by atoms with Gasteiger partial charge in [-0.2, -0.15) is 0 Å². The molecule has 0 saturated carbocycles. The fourth-order valence-electron chi connectivity index (χ4n) is 1.71. The Kier molecular flexibility index (Phi) is 4.26. The topological polar surface area (TPSA) is 53.9 Å². The van der Waals surface area contributed by atoms with Gasteiger partial charge in [0.05, 0.1) is 7.11 Å². The number of carbonyl (C=O) groups is 1. The molecule has 0 amide bonds. The van der Waals surface area contributed by atoms with Crippen molar-refractivity contribution in [1.29, 1.82) is 0 Å². The third-order valence-electron chi connectivity index (χ3n) is 2.54. The molecule has 0 fully saturated rings. The van der Waals surface area contributed by atoms with Gasteiger partial charge in [-0.1, -0.05) is 36.4 Å². The Bertz CT molecular complexity index is 361. The molecule has 16 heavy (non-hydrogen) atoms. The van der Waals surface area contributed by atoms with Crippen molar-refractivity contribution in [2.24, 2.45) is 0 Å². The van der Waals surface area contributed by atoms with Crippen LogP contribution >= 0.6 is 0 Å². The fraction of sp³-hybridized carbons (Fsp3) is 0.308. The van der Waals surface area contributed by atoms with Gasteiger partial charge >= 0.3 is 5.97 Å². The van der Waals surface area contributed by atoms with Gasteiger partial charge < -0.3 is 10.5 Å². The van der Waals surface area contributed by atoms with Gasteiger partial charge in [0, 0.05) is 12.8 Å². The van der Waals surface area contributed by atoms with Gasteiger partial charge in [0.15, 0.2) is 5.54 Å². The molecule has 0 radical (unpaired) electrons. The van der Waals surface area contributed by atoms with Crippen LogP contribution in [0.1, 0.15) is 12.0 Å². The quantitative estimate of drug-likeness (QED) is 0.593. The molecule has 1 atom stereocenters. The molecule has 3 N–H and O–H groups in total. The summed E-state index contributed by atoms with van der Waals surface area (Å²) in [5.41, 5.74) is 4.29. The first kappa shape index (κ1) is 12.5. The first-order valence-corrected chi connectivity index (χ1v) is 5.21. The molecule has 0 aromatic heterocycles. The van der Waals surface area contributed by atoms with Crippen molar-refractivity contribution >= 4 is 5.97 Å². The summed E-state index contributed by atoms with van der Waals surface area (Å²) in [7, 11) is 1.39. The summed E-state index contributed by atoms with van der Waals surface area (Å²) in [6.07, 6.45) is 2.77. The van der Waals surface area contributed by atoms with E-state index >= 15 is 0 Å². The lowest BCUT2D eigenvalue weighted by molar-refractivity contribution is -0.461. The van der Waals surface area contributed by atoms with E-state index in [1.165, 1.54) is 7.11 Å². The lowest BCUT2D eigenvalue weighted by Crippen LogP contribution is -2.77.